The average Bonchev–Trinajstić information content (AvgIpc) is 3.08. The van der Waals surface area contributed by atoms with E-state index in [4.69, 9.17) is 9.47 Å². The van der Waals surface area contributed by atoms with Gasteiger partial charge < -0.3 is 9.47 Å². The summed E-state index contributed by atoms with van der Waals surface area (Å²) in [5.41, 5.74) is 5.76. The van der Waals surface area contributed by atoms with E-state index in [9.17, 15) is 9.59 Å². The number of benzene rings is 2. The first-order valence-electron chi connectivity index (χ1n) is 9.46. The number of hydrogen-bond donors (Lipinski definition) is 1. The SMILES string of the molecule is COC(=O)N(Cc1ccc(C)cc1C)NC(=O)c1c(Oc2cccc(Br)c2)cnn1C. The van der Waals surface area contributed by atoms with Crippen LogP contribution in [-0.2, 0) is 18.3 Å². The summed E-state index contributed by atoms with van der Waals surface area (Å²) in [6, 6.07) is 13.1. The number of rotatable bonds is 5. The smallest absolute Gasteiger partial charge is 0.428 e. The number of hydrogen-bond acceptors (Lipinski definition) is 5. The molecular formula is C22H23BrN4O4. The van der Waals surface area contributed by atoms with Crippen molar-refractivity contribution in [3.63, 3.8) is 0 Å². The highest BCUT2D eigenvalue weighted by Gasteiger charge is 2.24. The van der Waals surface area contributed by atoms with Crippen molar-refractivity contribution in [2.24, 2.45) is 7.05 Å². The van der Waals surface area contributed by atoms with Crippen LogP contribution in [0.5, 0.6) is 11.5 Å². The third kappa shape index (κ3) is 5.43. The molecule has 8 nitrogen and oxygen atoms in total. The van der Waals surface area contributed by atoms with Crippen LogP contribution in [0.2, 0.25) is 0 Å². The van der Waals surface area contributed by atoms with Crippen LogP contribution in [0, 0.1) is 13.8 Å². The molecule has 0 aliphatic carbocycles. The zero-order valence-electron chi connectivity index (χ0n) is 17.7. The van der Waals surface area contributed by atoms with Gasteiger partial charge in [-0.2, -0.15) is 5.10 Å². The fourth-order valence-corrected chi connectivity index (χ4v) is 3.42. The fraction of sp³-hybridized carbons (Fsp3) is 0.227. The predicted octanol–water partition coefficient (Wildman–Crippen LogP) is 4.51. The molecule has 0 aliphatic rings. The van der Waals surface area contributed by atoms with E-state index in [0.29, 0.717) is 5.75 Å². The first-order chi connectivity index (χ1) is 14.8. The maximum atomic E-state index is 13.1. The number of amides is 2. The lowest BCUT2D eigenvalue weighted by Crippen LogP contribution is -2.46. The van der Waals surface area contributed by atoms with Crippen LogP contribution < -0.4 is 10.2 Å². The molecule has 0 saturated carbocycles. The van der Waals surface area contributed by atoms with E-state index < -0.39 is 12.0 Å². The molecule has 0 saturated heterocycles. The Morgan fingerprint density at radius 2 is 1.97 bits per heavy atom. The largest absolute Gasteiger partial charge is 0.453 e. The van der Waals surface area contributed by atoms with Gasteiger partial charge in [0.2, 0.25) is 0 Å². The molecule has 0 radical (unpaired) electrons. The minimum Gasteiger partial charge on any atom is -0.453 e. The van der Waals surface area contributed by atoms with Crippen molar-refractivity contribution in [1.29, 1.82) is 0 Å². The maximum Gasteiger partial charge on any atom is 0.428 e. The molecule has 0 unspecified atom stereocenters. The average molecular weight is 487 g/mol. The van der Waals surface area contributed by atoms with Gasteiger partial charge in [-0.3, -0.25) is 14.9 Å². The summed E-state index contributed by atoms with van der Waals surface area (Å²) in [5.74, 6) is 0.242. The zero-order chi connectivity index (χ0) is 22.5. The minimum absolute atomic E-state index is 0.143. The van der Waals surface area contributed by atoms with E-state index in [1.54, 1.807) is 19.2 Å². The Morgan fingerprint density at radius 3 is 2.65 bits per heavy atom. The topological polar surface area (TPSA) is 85.7 Å². The third-order valence-corrected chi connectivity index (χ3v) is 5.10. The van der Waals surface area contributed by atoms with Gasteiger partial charge in [0, 0.05) is 11.5 Å². The lowest BCUT2D eigenvalue weighted by molar-refractivity contribution is 0.0680. The van der Waals surface area contributed by atoms with Gasteiger partial charge in [-0.15, -0.1) is 0 Å². The normalized spacial score (nSPS) is 10.5. The number of nitrogens with one attached hydrogen (secondary N) is 1. The highest BCUT2D eigenvalue weighted by atomic mass is 79.9. The molecule has 3 aromatic rings. The lowest BCUT2D eigenvalue weighted by atomic mass is 10.1. The predicted molar refractivity (Wildman–Crippen MR) is 119 cm³/mol. The molecule has 0 bridgehead atoms. The molecule has 2 amide bonds. The molecule has 31 heavy (non-hydrogen) atoms. The monoisotopic (exact) mass is 486 g/mol. The quantitative estimate of drug-likeness (QED) is 0.536. The van der Waals surface area contributed by atoms with Crippen LogP contribution in [0.25, 0.3) is 0 Å². The first-order valence-corrected chi connectivity index (χ1v) is 10.3. The molecule has 9 heteroatoms. The molecule has 162 valence electrons. The minimum atomic E-state index is -0.690. The highest BCUT2D eigenvalue weighted by molar-refractivity contribution is 9.10. The van der Waals surface area contributed by atoms with Crippen molar-refractivity contribution in [2.75, 3.05) is 7.11 Å². The Morgan fingerprint density at radius 1 is 1.19 bits per heavy atom. The molecule has 0 aliphatic heterocycles. The summed E-state index contributed by atoms with van der Waals surface area (Å²) < 4.78 is 12.9. The number of ether oxygens (including phenoxy) is 2. The summed E-state index contributed by atoms with van der Waals surface area (Å²) in [4.78, 5) is 25.4. The van der Waals surface area contributed by atoms with Crippen LogP contribution in [-0.4, -0.2) is 33.9 Å². The van der Waals surface area contributed by atoms with Gasteiger partial charge in [0.25, 0.3) is 5.91 Å². The van der Waals surface area contributed by atoms with Gasteiger partial charge in [-0.05, 0) is 43.2 Å². The van der Waals surface area contributed by atoms with E-state index in [1.165, 1.54) is 18.0 Å². The summed E-state index contributed by atoms with van der Waals surface area (Å²) in [6.45, 7) is 4.08. The van der Waals surface area contributed by atoms with E-state index in [1.807, 2.05) is 44.2 Å². The van der Waals surface area contributed by atoms with Crippen molar-refractivity contribution in [3.8, 4) is 11.5 Å². The highest BCUT2D eigenvalue weighted by Crippen LogP contribution is 2.27. The summed E-state index contributed by atoms with van der Waals surface area (Å²) in [6.07, 6.45) is 0.757. The van der Waals surface area contributed by atoms with Crippen molar-refractivity contribution in [2.45, 2.75) is 20.4 Å². The molecular weight excluding hydrogens is 464 g/mol. The number of carbonyl (C=O) groups is 2. The molecule has 2 aromatic carbocycles. The van der Waals surface area contributed by atoms with E-state index >= 15 is 0 Å². The Hall–Kier alpha value is -3.33. The van der Waals surface area contributed by atoms with Crippen LogP contribution in [0.15, 0.2) is 53.1 Å². The number of methoxy groups -OCH3 is 1. The van der Waals surface area contributed by atoms with Crippen molar-refractivity contribution < 1.29 is 19.1 Å². The Balaban J connectivity index is 1.83. The second kappa shape index (κ2) is 9.65. The van der Waals surface area contributed by atoms with Gasteiger partial charge in [0.05, 0.1) is 19.9 Å². The number of aromatic nitrogens is 2. The number of halogens is 1. The van der Waals surface area contributed by atoms with Gasteiger partial charge in [0.1, 0.15) is 5.75 Å². The Labute approximate surface area is 188 Å². The Bertz CT molecular complexity index is 1110. The van der Waals surface area contributed by atoms with E-state index in [-0.39, 0.29) is 18.0 Å². The molecule has 0 atom stereocenters. The fourth-order valence-electron chi connectivity index (χ4n) is 3.04. The second-order valence-corrected chi connectivity index (χ2v) is 7.88. The first kappa shape index (κ1) is 22.4. The Kier molecular flexibility index (Phi) is 6.96. The second-order valence-electron chi connectivity index (χ2n) is 6.97. The van der Waals surface area contributed by atoms with Gasteiger partial charge in [0.15, 0.2) is 11.4 Å². The number of carbonyl (C=O) groups excluding carboxylic acids is 2. The third-order valence-electron chi connectivity index (χ3n) is 4.60. The van der Waals surface area contributed by atoms with Crippen molar-refractivity contribution in [1.82, 2.24) is 20.2 Å². The molecule has 1 aromatic heterocycles. The molecule has 3 rings (SSSR count). The number of aryl methyl sites for hydroxylation is 3. The van der Waals surface area contributed by atoms with E-state index in [2.05, 4.69) is 26.5 Å². The molecule has 1 heterocycles. The molecule has 1 N–H and O–H groups in total. The van der Waals surface area contributed by atoms with Gasteiger partial charge in [-0.1, -0.05) is 45.8 Å². The van der Waals surface area contributed by atoms with Crippen LogP contribution >= 0.6 is 15.9 Å². The standard InChI is InChI=1S/C22H23BrN4O4/c1-14-8-9-16(15(2)10-14)13-27(22(29)30-4)25-21(28)20-19(12-24-26(20)3)31-18-7-5-6-17(23)11-18/h5-12H,13H2,1-4H3,(H,25,28). The van der Waals surface area contributed by atoms with E-state index in [0.717, 1.165) is 26.2 Å². The van der Waals surface area contributed by atoms with Gasteiger partial charge >= 0.3 is 6.09 Å². The van der Waals surface area contributed by atoms with Crippen LogP contribution in [0.1, 0.15) is 27.2 Å². The molecule has 0 spiro atoms. The van der Waals surface area contributed by atoms with Gasteiger partial charge in [-0.25, -0.2) is 9.80 Å². The number of nitrogens with zero attached hydrogens (tertiary/aromatic N) is 3. The lowest BCUT2D eigenvalue weighted by Gasteiger charge is -2.23. The number of hydrazine groups is 1. The van der Waals surface area contributed by atoms with Crippen LogP contribution in [0.3, 0.4) is 0 Å². The summed E-state index contributed by atoms with van der Waals surface area (Å²) >= 11 is 3.39. The maximum absolute atomic E-state index is 13.1. The van der Waals surface area contributed by atoms with Crippen LogP contribution in [0.4, 0.5) is 4.79 Å². The molecule has 0 fully saturated rings. The van der Waals surface area contributed by atoms with Crippen molar-refractivity contribution >= 4 is 27.9 Å². The zero-order valence-corrected chi connectivity index (χ0v) is 19.3. The summed E-state index contributed by atoms with van der Waals surface area (Å²) in [7, 11) is 2.88. The summed E-state index contributed by atoms with van der Waals surface area (Å²) in [5, 5.41) is 5.24. The van der Waals surface area contributed by atoms with Crippen molar-refractivity contribution in [3.05, 3.63) is 75.5 Å².